The number of ether oxygens (including phenoxy) is 2. The number of allylic oxidation sites excluding steroid dienone is 1. The number of hydrogen-bond acceptors (Lipinski definition) is 5. The molecule has 2 N–H and O–H groups in total. The number of nitrogens with zero attached hydrogens (tertiary/aromatic N) is 1. The molecule has 1 saturated carbocycles. The second-order valence-electron chi connectivity index (χ2n) is 9.74. The molecule has 0 radical (unpaired) electrons. The van der Waals surface area contributed by atoms with Gasteiger partial charge in [0.05, 0.1) is 32.0 Å². The topological polar surface area (TPSA) is 62.2 Å². The molecule has 3 aliphatic rings. The van der Waals surface area contributed by atoms with Gasteiger partial charge in [-0.1, -0.05) is 48.1 Å². The quantitative estimate of drug-likeness (QED) is 0.432. The van der Waals surface area contributed by atoms with Crippen molar-refractivity contribution in [3.05, 3.63) is 59.2 Å². The predicted molar refractivity (Wildman–Crippen MR) is 127 cm³/mol. The highest BCUT2D eigenvalue weighted by atomic mass is 16.5. The number of benzene rings is 1. The average molecular weight is 442 g/mol. The first kappa shape index (κ1) is 23.7. The molecule has 0 aromatic heterocycles. The molecule has 2 aliphatic carbocycles. The van der Waals surface area contributed by atoms with Gasteiger partial charge < -0.3 is 19.7 Å². The summed E-state index contributed by atoms with van der Waals surface area (Å²) >= 11 is 0. The Morgan fingerprint density at radius 3 is 2.94 bits per heavy atom. The van der Waals surface area contributed by atoms with E-state index in [1.807, 2.05) is 12.1 Å². The van der Waals surface area contributed by atoms with Crippen molar-refractivity contribution in [3.63, 3.8) is 0 Å². The van der Waals surface area contributed by atoms with Gasteiger partial charge in [0.1, 0.15) is 0 Å². The lowest BCUT2D eigenvalue weighted by Crippen LogP contribution is -2.37. The van der Waals surface area contributed by atoms with Gasteiger partial charge in [0, 0.05) is 38.6 Å². The Labute approximate surface area is 192 Å². The van der Waals surface area contributed by atoms with Gasteiger partial charge >= 0.3 is 0 Å². The molecule has 1 saturated heterocycles. The van der Waals surface area contributed by atoms with Crippen molar-refractivity contribution in [3.8, 4) is 0 Å². The van der Waals surface area contributed by atoms with Crippen molar-refractivity contribution in [2.24, 2.45) is 17.8 Å². The first-order chi connectivity index (χ1) is 15.6. The Hall–Kier alpha value is -1.50. The van der Waals surface area contributed by atoms with Gasteiger partial charge in [-0.2, -0.15) is 0 Å². The molecule has 5 nitrogen and oxygen atoms in total. The molecule has 1 aromatic rings. The zero-order valence-corrected chi connectivity index (χ0v) is 19.4. The van der Waals surface area contributed by atoms with Crippen molar-refractivity contribution < 1.29 is 19.7 Å². The van der Waals surface area contributed by atoms with Crippen molar-refractivity contribution in [2.75, 3.05) is 46.1 Å². The van der Waals surface area contributed by atoms with Crippen LogP contribution in [0.3, 0.4) is 0 Å². The third-order valence-electron chi connectivity index (χ3n) is 7.19. The predicted octanol–water partition coefficient (Wildman–Crippen LogP) is 3.14. The van der Waals surface area contributed by atoms with Crippen LogP contribution in [0.5, 0.6) is 0 Å². The average Bonchev–Trinajstić information content (AvgIpc) is 3.29. The Morgan fingerprint density at radius 1 is 1.28 bits per heavy atom. The largest absolute Gasteiger partial charge is 0.392 e. The molecule has 32 heavy (non-hydrogen) atoms. The Balaban J connectivity index is 1.19. The molecule has 0 bridgehead atoms. The van der Waals surface area contributed by atoms with Crippen LogP contribution in [0, 0.1) is 24.7 Å². The monoisotopic (exact) mass is 441 g/mol. The number of hydrogen-bond donors (Lipinski definition) is 2. The van der Waals surface area contributed by atoms with Crippen LogP contribution >= 0.6 is 0 Å². The second kappa shape index (κ2) is 11.6. The van der Waals surface area contributed by atoms with E-state index in [9.17, 15) is 10.2 Å². The van der Waals surface area contributed by atoms with Crippen LogP contribution in [0.1, 0.15) is 30.4 Å². The molecule has 1 aliphatic heterocycles. The maximum atomic E-state index is 10.6. The van der Waals surface area contributed by atoms with E-state index in [4.69, 9.17) is 9.47 Å². The zero-order chi connectivity index (χ0) is 22.3. The highest BCUT2D eigenvalue weighted by Crippen LogP contribution is 2.47. The van der Waals surface area contributed by atoms with Gasteiger partial charge in [-0.15, -0.1) is 0 Å². The Morgan fingerprint density at radius 2 is 2.12 bits per heavy atom. The van der Waals surface area contributed by atoms with Crippen LogP contribution < -0.4 is 0 Å². The van der Waals surface area contributed by atoms with Gasteiger partial charge in [-0.3, -0.25) is 4.90 Å². The molecule has 0 amide bonds. The van der Waals surface area contributed by atoms with E-state index in [1.54, 1.807) is 0 Å². The van der Waals surface area contributed by atoms with Gasteiger partial charge in [-0.05, 0) is 49.2 Å². The number of rotatable bonds is 10. The van der Waals surface area contributed by atoms with Crippen LogP contribution in [0.25, 0.3) is 0 Å². The summed E-state index contributed by atoms with van der Waals surface area (Å²) in [5.74, 6) is 0.974. The van der Waals surface area contributed by atoms with E-state index in [0.29, 0.717) is 24.9 Å². The van der Waals surface area contributed by atoms with E-state index in [-0.39, 0.29) is 12.0 Å². The van der Waals surface area contributed by atoms with E-state index < -0.39 is 6.10 Å². The molecule has 4 rings (SSSR count). The minimum Gasteiger partial charge on any atom is -0.392 e. The molecule has 176 valence electrons. The first-order valence-corrected chi connectivity index (χ1v) is 12.3. The molecule has 1 heterocycles. The van der Waals surface area contributed by atoms with Crippen molar-refractivity contribution in [1.29, 1.82) is 0 Å². The normalized spacial score (nSPS) is 29.4. The highest BCUT2D eigenvalue weighted by Gasteiger charge is 2.43. The smallest absolute Gasteiger partial charge is 0.0761 e. The summed E-state index contributed by atoms with van der Waals surface area (Å²) in [5.41, 5.74) is 3.72. The van der Waals surface area contributed by atoms with Crippen LogP contribution in [-0.2, 0) is 15.9 Å². The summed E-state index contributed by atoms with van der Waals surface area (Å²) in [4.78, 5) is 2.44. The third kappa shape index (κ3) is 6.52. The minimum absolute atomic E-state index is 0.113. The molecule has 5 atom stereocenters. The number of aryl methyl sites for hydroxylation is 1. The fourth-order valence-corrected chi connectivity index (χ4v) is 5.54. The maximum absolute atomic E-state index is 10.6. The second-order valence-corrected chi connectivity index (χ2v) is 9.74. The van der Waals surface area contributed by atoms with Crippen LogP contribution in [-0.4, -0.2) is 73.4 Å². The summed E-state index contributed by atoms with van der Waals surface area (Å²) in [5, 5.41) is 21.1. The SMILES string of the molecule is Cc1cccc(C[C@H](O)C=C[C@@H]2[C@H]3CC(COCCCN4CCOCC4)=C[C@H]3C[C@H]2O)c1. The van der Waals surface area contributed by atoms with E-state index in [1.165, 1.54) is 11.1 Å². The summed E-state index contributed by atoms with van der Waals surface area (Å²) < 4.78 is 11.4. The molecule has 0 unspecified atom stereocenters. The maximum Gasteiger partial charge on any atom is 0.0761 e. The summed E-state index contributed by atoms with van der Waals surface area (Å²) in [6.45, 7) is 8.41. The van der Waals surface area contributed by atoms with E-state index in [2.05, 4.69) is 42.2 Å². The fourth-order valence-electron chi connectivity index (χ4n) is 5.54. The molecule has 5 heteroatoms. The van der Waals surface area contributed by atoms with E-state index >= 15 is 0 Å². The lowest BCUT2D eigenvalue weighted by Gasteiger charge is -2.26. The standard InChI is InChI=1S/C27H39NO4/c1-20-4-2-5-21(14-20)16-24(29)6-7-25-26-17-22(15-23(26)18-27(25)30)19-32-11-3-8-28-9-12-31-13-10-28/h2,4-7,14-15,23-27,29-30H,3,8-13,16-19H2,1H3/t23-,24+,25+,26-,27+/m0/s1. The molecular formula is C27H39NO4. The first-order valence-electron chi connectivity index (χ1n) is 12.3. The van der Waals surface area contributed by atoms with Gasteiger partial charge in [0.25, 0.3) is 0 Å². The van der Waals surface area contributed by atoms with Crippen LogP contribution in [0.15, 0.2) is 48.1 Å². The highest BCUT2D eigenvalue weighted by molar-refractivity contribution is 5.24. The summed E-state index contributed by atoms with van der Waals surface area (Å²) in [6, 6.07) is 8.27. The van der Waals surface area contributed by atoms with Crippen molar-refractivity contribution in [1.82, 2.24) is 4.90 Å². The lowest BCUT2D eigenvalue weighted by atomic mass is 9.89. The summed E-state index contributed by atoms with van der Waals surface area (Å²) in [6.07, 6.45) is 8.93. The Bertz CT molecular complexity index is 786. The number of aliphatic hydroxyl groups excluding tert-OH is 2. The molecule has 0 spiro atoms. The summed E-state index contributed by atoms with van der Waals surface area (Å²) in [7, 11) is 0. The van der Waals surface area contributed by atoms with Gasteiger partial charge in [0.15, 0.2) is 0 Å². The minimum atomic E-state index is -0.522. The molecule has 2 fully saturated rings. The van der Waals surface area contributed by atoms with Crippen molar-refractivity contribution in [2.45, 2.75) is 44.8 Å². The fraction of sp³-hybridized carbons (Fsp3) is 0.630. The number of fused-ring (bicyclic) bond motifs is 1. The molecule has 1 aromatic carbocycles. The van der Waals surface area contributed by atoms with Crippen molar-refractivity contribution >= 4 is 0 Å². The lowest BCUT2D eigenvalue weighted by molar-refractivity contribution is 0.0328. The van der Waals surface area contributed by atoms with Gasteiger partial charge in [0.2, 0.25) is 0 Å². The third-order valence-corrected chi connectivity index (χ3v) is 7.19. The van der Waals surface area contributed by atoms with Crippen LogP contribution in [0.4, 0.5) is 0 Å². The Kier molecular flexibility index (Phi) is 8.55. The zero-order valence-electron chi connectivity index (χ0n) is 19.4. The van der Waals surface area contributed by atoms with Gasteiger partial charge in [-0.25, -0.2) is 0 Å². The molecular weight excluding hydrogens is 402 g/mol. The number of morpholine rings is 1. The van der Waals surface area contributed by atoms with E-state index in [0.717, 1.165) is 64.3 Å². The number of aliphatic hydroxyl groups is 2. The van der Waals surface area contributed by atoms with Crippen LogP contribution in [0.2, 0.25) is 0 Å².